The van der Waals surface area contributed by atoms with Gasteiger partial charge in [0.25, 0.3) is 0 Å². The van der Waals surface area contributed by atoms with Gasteiger partial charge in [-0.15, -0.1) is 0 Å². The van der Waals surface area contributed by atoms with Crippen LogP contribution in [0.5, 0.6) is 0 Å². The molecule has 0 bridgehead atoms. The fourth-order valence-electron chi connectivity index (χ4n) is 12.1. The lowest BCUT2D eigenvalue weighted by molar-refractivity contribution is 0.911. The lowest BCUT2D eigenvalue weighted by atomic mass is 10.00. The lowest BCUT2D eigenvalue weighted by Crippen LogP contribution is -1.98. The van der Waals surface area contributed by atoms with Crippen LogP contribution in [0.15, 0.2) is 273 Å². The van der Waals surface area contributed by atoms with Gasteiger partial charge in [-0.05, 0) is 114 Å². The lowest BCUT2D eigenvalue weighted by Gasteiger charge is -2.13. The minimum atomic E-state index is 0.669. The number of rotatable bonds is 8. The molecule has 5 aromatic heterocycles. The average Bonchev–Trinajstić information content (AvgIpc) is 4.51. The average molecular weight is 996 g/mol. The Kier molecular flexibility index (Phi) is 9.80. The molecule has 364 valence electrons. The molecule has 0 atom stereocenters. The normalized spacial score (nSPS) is 11.8. The molecule has 5 heterocycles. The van der Waals surface area contributed by atoms with Gasteiger partial charge in [0, 0.05) is 72.0 Å². The van der Waals surface area contributed by atoms with Crippen molar-refractivity contribution in [3.63, 3.8) is 0 Å². The molecular formula is C71H45N7. The smallest absolute Gasteiger partial charge is 0.160 e. The Bertz CT molecular complexity index is 4950. The molecule has 11 aromatic carbocycles. The van der Waals surface area contributed by atoms with E-state index in [9.17, 15) is 0 Å². The van der Waals surface area contributed by atoms with E-state index < -0.39 is 0 Å². The molecule has 0 spiro atoms. The van der Waals surface area contributed by atoms with Crippen molar-refractivity contribution in [2.45, 2.75) is 0 Å². The summed E-state index contributed by atoms with van der Waals surface area (Å²) in [5.41, 5.74) is 18.1. The van der Waals surface area contributed by atoms with Crippen molar-refractivity contribution in [2.24, 2.45) is 0 Å². The Balaban J connectivity index is 0.905. The fourth-order valence-corrected chi connectivity index (χ4v) is 12.1. The summed E-state index contributed by atoms with van der Waals surface area (Å²) in [5, 5.41) is 14.3. The third kappa shape index (κ3) is 6.88. The largest absolute Gasteiger partial charge is 0.316 e. The second kappa shape index (κ2) is 17.5. The molecule has 7 heteroatoms. The fraction of sp³-hybridized carbons (Fsp3) is 0. The van der Waals surface area contributed by atoms with Crippen molar-refractivity contribution in [1.82, 2.24) is 33.4 Å². The highest BCUT2D eigenvalue weighted by atomic mass is 15.3. The Labute approximate surface area is 448 Å². The Morgan fingerprint density at radius 1 is 0.295 bits per heavy atom. The third-order valence-corrected chi connectivity index (χ3v) is 15.7. The Hall–Kier alpha value is -10.6. The van der Waals surface area contributed by atoms with Crippen molar-refractivity contribution in [3.8, 4) is 67.8 Å². The second-order valence-electron chi connectivity index (χ2n) is 20.1. The molecule has 0 fully saturated rings. The van der Waals surface area contributed by atoms with E-state index in [0.29, 0.717) is 5.82 Å². The van der Waals surface area contributed by atoms with Crippen LogP contribution in [0.25, 0.3) is 144 Å². The molecular weight excluding hydrogens is 951 g/mol. The SMILES string of the molecule is c1ccc(-c2cc(-c3ccccc3)nc(-c3cccc(-n4c5ccc(-c6ccc7c(c6)c6ccc8c(cnn8-c8ccccc8)c6n7-c6ccccc6)cc5c5ccc6c(ccn6-c6cccc7ccccc67)c54)c3)n2)cc1. The highest BCUT2D eigenvalue weighted by molar-refractivity contribution is 6.21. The molecule has 16 aromatic rings. The van der Waals surface area contributed by atoms with Gasteiger partial charge in [-0.1, -0.05) is 164 Å². The predicted octanol–water partition coefficient (Wildman–Crippen LogP) is 17.8. The standard InChI is InChI=1S/C71H45N7/c1-5-18-47(19-6-1)62-44-63(48-20-7-2-8-21-48)74-71(73-62)51-23-15-28-54(41-51)77-67-36-32-50(42-59(67)56-33-37-65-58(69(56)77)39-40-75(65)64-30-16-22-46-17-13-14-29-55(46)64)49-31-35-66-60(43-49)57-34-38-68-61(45-72-78(68)53-26-11-4-12-27-53)70(57)76(66)52-24-9-3-10-25-52/h1-45H. The van der Waals surface area contributed by atoms with Gasteiger partial charge >= 0.3 is 0 Å². The molecule has 0 saturated heterocycles. The second-order valence-corrected chi connectivity index (χ2v) is 20.1. The number of hydrogen-bond acceptors (Lipinski definition) is 3. The van der Waals surface area contributed by atoms with Crippen LogP contribution in [0.1, 0.15) is 0 Å². The van der Waals surface area contributed by atoms with E-state index in [1.807, 2.05) is 29.1 Å². The van der Waals surface area contributed by atoms with Crippen LogP contribution in [0, 0.1) is 0 Å². The van der Waals surface area contributed by atoms with Gasteiger partial charge in [0.05, 0.1) is 62.1 Å². The van der Waals surface area contributed by atoms with Crippen LogP contribution >= 0.6 is 0 Å². The quantitative estimate of drug-likeness (QED) is 0.152. The van der Waals surface area contributed by atoms with Gasteiger partial charge < -0.3 is 13.7 Å². The van der Waals surface area contributed by atoms with E-state index in [4.69, 9.17) is 15.1 Å². The maximum atomic E-state index is 5.26. The van der Waals surface area contributed by atoms with Crippen LogP contribution < -0.4 is 0 Å². The first-order valence-electron chi connectivity index (χ1n) is 26.4. The number of benzene rings is 11. The van der Waals surface area contributed by atoms with E-state index in [2.05, 4.69) is 263 Å². The molecule has 0 aliphatic rings. The van der Waals surface area contributed by atoms with E-state index in [0.717, 1.165) is 106 Å². The molecule has 0 aliphatic heterocycles. The molecule has 0 radical (unpaired) electrons. The summed E-state index contributed by atoms with van der Waals surface area (Å²) in [7, 11) is 0. The zero-order chi connectivity index (χ0) is 51.3. The first-order chi connectivity index (χ1) is 38.7. The molecule has 0 N–H and O–H groups in total. The Morgan fingerprint density at radius 2 is 0.821 bits per heavy atom. The number of para-hydroxylation sites is 2. The summed E-state index contributed by atoms with van der Waals surface area (Å²) < 4.78 is 9.24. The van der Waals surface area contributed by atoms with Crippen LogP contribution in [0.3, 0.4) is 0 Å². The number of hydrogen-bond donors (Lipinski definition) is 0. The summed E-state index contributed by atoms with van der Waals surface area (Å²) in [6.07, 6.45) is 4.25. The zero-order valence-corrected chi connectivity index (χ0v) is 42.1. The van der Waals surface area contributed by atoms with E-state index in [-0.39, 0.29) is 0 Å². The van der Waals surface area contributed by atoms with Gasteiger partial charge in [0.1, 0.15) is 0 Å². The first kappa shape index (κ1) is 43.7. The highest BCUT2D eigenvalue weighted by Crippen LogP contribution is 2.43. The maximum absolute atomic E-state index is 5.26. The van der Waals surface area contributed by atoms with Crippen molar-refractivity contribution in [2.75, 3.05) is 0 Å². The van der Waals surface area contributed by atoms with Gasteiger partial charge in [-0.25, -0.2) is 14.6 Å². The molecule has 0 amide bonds. The zero-order valence-electron chi connectivity index (χ0n) is 42.1. The van der Waals surface area contributed by atoms with E-state index in [1.54, 1.807) is 0 Å². The van der Waals surface area contributed by atoms with E-state index >= 15 is 0 Å². The minimum Gasteiger partial charge on any atom is -0.316 e. The molecule has 0 unspecified atom stereocenters. The summed E-state index contributed by atoms with van der Waals surface area (Å²) in [6.45, 7) is 0. The van der Waals surface area contributed by atoms with Crippen LogP contribution in [-0.2, 0) is 0 Å². The van der Waals surface area contributed by atoms with Crippen molar-refractivity contribution >= 4 is 76.2 Å². The molecule has 16 rings (SSSR count). The summed E-state index contributed by atoms with van der Waals surface area (Å²) in [4.78, 5) is 10.5. The van der Waals surface area contributed by atoms with Crippen LogP contribution in [-0.4, -0.2) is 33.4 Å². The van der Waals surface area contributed by atoms with Gasteiger partial charge in [0.2, 0.25) is 0 Å². The first-order valence-corrected chi connectivity index (χ1v) is 26.4. The summed E-state index contributed by atoms with van der Waals surface area (Å²) in [5.74, 6) is 0.669. The molecule has 7 nitrogen and oxygen atoms in total. The summed E-state index contributed by atoms with van der Waals surface area (Å²) in [6, 6.07) is 93.2. The highest BCUT2D eigenvalue weighted by Gasteiger charge is 2.22. The number of fused-ring (bicyclic) bond motifs is 11. The molecule has 0 saturated carbocycles. The van der Waals surface area contributed by atoms with Crippen LogP contribution in [0.4, 0.5) is 0 Å². The van der Waals surface area contributed by atoms with Crippen molar-refractivity contribution < 1.29 is 0 Å². The minimum absolute atomic E-state index is 0.669. The number of nitrogens with zero attached hydrogens (tertiary/aromatic N) is 7. The van der Waals surface area contributed by atoms with Gasteiger partial charge in [-0.3, -0.25) is 0 Å². The monoisotopic (exact) mass is 995 g/mol. The number of aromatic nitrogens is 7. The summed E-state index contributed by atoms with van der Waals surface area (Å²) >= 11 is 0. The predicted molar refractivity (Wildman–Crippen MR) is 321 cm³/mol. The Morgan fingerprint density at radius 3 is 1.50 bits per heavy atom. The third-order valence-electron chi connectivity index (χ3n) is 15.7. The maximum Gasteiger partial charge on any atom is 0.160 e. The van der Waals surface area contributed by atoms with Crippen molar-refractivity contribution in [3.05, 3.63) is 273 Å². The molecule has 0 aliphatic carbocycles. The van der Waals surface area contributed by atoms with Crippen LogP contribution in [0.2, 0.25) is 0 Å². The van der Waals surface area contributed by atoms with Crippen molar-refractivity contribution in [1.29, 1.82) is 0 Å². The van der Waals surface area contributed by atoms with Gasteiger partial charge in [0.15, 0.2) is 5.82 Å². The topological polar surface area (TPSA) is 58.4 Å². The van der Waals surface area contributed by atoms with E-state index in [1.165, 1.54) is 32.3 Å². The van der Waals surface area contributed by atoms with Gasteiger partial charge in [-0.2, -0.15) is 5.10 Å². The molecule has 78 heavy (non-hydrogen) atoms.